The van der Waals surface area contributed by atoms with E-state index in [1.807, 2.05) is 30.1 Å². The van der Waals surface area contributed by atoms with Crippen LogP contribution in [-0.4, -0.2) is 21.5 Å². The summed E-state index contributed by atoms with van der Waals surface area (Å²) in [5.41, 5.74) is 1.87. The van der Waals surface area contributed by atoms with Crippen LogP contribution in [0.3, 0.4) is 0 Å². The van der Waals surface area contributed by atoms with Crippen molar-refractivity contribution in [2.45, 2.75) is 26.0 Å². The first-order chi connectivity index (χ1) is 12.1. The summed E-state index contributed by atoms with van der Waals surface area (Å²) in [6.45, 7) is 2.41. The summed E-state index contributed by atoms with van der Waals surface area (Å²) in [5, 5.41) is 7.18. The van der Waals surface area contributed by atoms with E-state index in [2.05, 4.69) is 21.7 Å². The molecule has 0 radical (unpaired) electrons. The molecule has 0 bridgehead atoms. The van der Waals surface area contributed by atoms with Gasteiger partial charge in [0.05, 0.1) is 0 Å². The minimum atomic E-state index is -0.0709. The van der Waals surface area contributed by atoms with Crippen LogP contribution >= 0.6 is 11.3 Å². The van der Waals surface area contributed by atoms with Gasteiger partial charge in [-0.25, -0.2) is 4.98 Å². The van der Waals surface area contributed by atoms with Crippen molar-refractivity contribution in [1.29, 1.82) is 0 Å². The predicted octanol–water partition coefficient (Wildman–Crippen LogP) is 3.42. The van der Waals surface area contributed by atoms with Gasteiger partial charge in [-0.3, -0.25) is 4.79 Å². The van der Waals surface area contributed by atoms with Crippen molar-refractivity contribution >= 4 is 17.2 Å². The van der Waals surface area contributed by atoms with E-state index in [1.165, 1.54) is 5.56 Å². The first-order valence-electron chi connectivity index (χ1n) is 8.13. The molecule has 2 heterocycles. The van der Waals surface area contributed by atoms with Gasteiger partial charge < -0.3 is 14.6 Å². The third-order valence-corrected chi connectivity index (χ3v) is 4.64. The monoisotopic (exact) mass is 355 g/mol. The number of imidazole rings is 1. The van der Waals surface area contributed by atoms with E-state index in [0.29, 0.717) is 17.9 Å². The summed E-state index contributed by atoms with van der Waals surface area (Å²) in [4.78, 5) is 16.5. The Morgan fingerprint density at radius 3 is 2.76 bits per heavy atom. The first kappa shape index (κ1) is 17.2. The zero-order valence-electron chi connectivity index (χ0n) is 14.3. The second kappa shape index (κ2) is 7.98. The number of hydrogen-bond donors (Lipinski definition) is 1. The summed E-state index contributed by atoms with van der Waals surface area (Å²) >= 11 is 1.67. The second-order valence-corrected chi connectivity index (χ2v) is 6.76. The number of nitrogens with one attached hydrogen (secondary N) is 1. The van der Waals surface area contributed by atoms with Crippen LogP contribution in [0.15, 0.2) is 53.5 Å². The van der Waals surface area contributed by atoms with E-state index in [4.69, 9.17) is 4.74 Å². The maximum atomic E-state index is 12.3. The topological polar surface area (TPSA) is 56.1 Å². The Balaban J connectivity index is 1.52. The highest BCUT2D eigenvalue weighted by Gasteiger charge is 2.11. The predicted molar refractivity (Wildman–Crippen MR) is 98.9 cm³/mol. The van der Waals surface area contributed by atoms with Gasteiger partial charge in [-0.1, -0.05) is 0 Å². The Hall–Kier alpha value is -2.60. The summed E-state index contributed by atoms with van der Waals surface area (Å²) in [7, 11) is 1.93. The number of hydrogen-bond acceptors (Lipinski definition) is 4. The number of rotatable bonds is 7. The standard InChI is InChI=1S/C19H21N3O2S/c1-14(11-15-7-10-25-13-15)21-19(23)16-3-5-17(6-4-16)24-12-18-20-8-9-22(18)2/h3-10,13-14H,11-12H2,1-2H3,(H,21,23). The molecule has 3 aromatic rings. The second-order valence-electron chi connectivity index (χ2n) is 5.98. The SMILES string of the molecule is CC(Cc1ccsc1)NC(=O)c1ccc(OCc2nccn2C)cc1. The lowest BCUT2D eigenvalue weighted by Gasteiger charge is -2.13. The Morgan fingerprint density at radius 2 is 2.12 bits per heavy atom. The minimum absolute atomic E-state index is 0.0709. The Bertz CT molecular complexity index is 810. The van der Waals surface area contributed by atoms with Crippen LogP contribution < -0.4 is 10.1 Å². The summed E-state index contributed by atoms with van der Waals surface area (Å²) in [5.74, 6) is 1.49. The first-order valence-corrected chi connectivity index (χ1v) is 9.07. The molecule has 0 saturated heterocycles. The molecule has 1 aromatic carbocycles. The lowest BCUT2D eigenvalue weighted by molar-refractivity contribution is 0.0940. The molecular weight excluding hydrogens is 334 g/mol. The van der Waals surface area contributed by atoms with E-state index in [0.717, 1.165) is 12.2 Å². The highest BCUT2D eigenvalue weighted by molar-refractivity contribution is 7.07. The molecular formula is C19H21N3O2S. The Kier molecular flexibility index (Phi) is 5.50. The van der Waals surface area contributed by atoms with Gasteiger partial charge in [0.1, 0.15) is 18.2 Å². The summed E-state index contributed by atoms with van der Waals surface area (Å²) in [6, 6.07) is 9.34. The van der Waals surface area contributed by atoms with Gasteiger partial charge in [0.25, 0.3) is 5.91 Å². The molecule has 0 fully saturated rings. The molecule has 130 valence electrons. The lowest BCUT2D eigenvalue weighted by Crippen LogP contribution is -2.33. The highest BCUT2D eigenvalue weighted by atomic mass is 32.1. The molecule has 1 N–H and O–H groups in total. The smallest absolute Gasteiger partial charge is 0.251 e. The molecule has 1 atom stereocenters. The van der Waals surface area contributed by atoms with Crippen LogP contribution in [0.4, 0.5) is 0 Å². The number of thiophene rings is 1. The molecule has 0 saturated carbocycles. The van der Waals surface area contributed by atoms with Gasteiger partial charge >= 0.3 is 0 Å². The van der Waals surface area contributed by atoms with Gasteiger partial charge in [-0.05, 0) is 60.0 Å². The van der Waals surface area contributed by atoms with Crippen LogP contribution in [0.2, 0.25) is 0 Å². The fraction of sp³-hybridized carbons (Fsp3) is 0.263. The van der Waals surface area contributed by atoms with E-state index in [-0.39, 0.29) is 11.9 Å². The Morgan fingerprint density at radius 1 is 1.32 bits per heavy atom. The normalized spacial score (nSPS) is 11.9. The van der Waals surface area contributed by atoms with Crippen LogP contribution in [0.1, 0.15) is 28.7 Å². The molecule has 0 aliphatic heterocycles. The average molecular weight is 355 g/mol. The zero-order valence-corrected chi connectivity index (χ0v) is 15.1. The molecule has 6 heteroatoms. The van der Waals surface area contributed by atoms with E-state index in [9.17, 15) is 4.79 Å². The molecule has 25 heavy (non-hydrogen) atoms. The quantitative estimate of drug-likeness (QED) is 0.706. The number of carbonyl (C=O) groups is 1. The number of nitrogens with zero attached hydrogens (tertiary/aromatic N) is 2. The van der Waals surface area contributed by atoms with Gasteiger partial charge in [0.15, 0.2) is 0 Å². The van der Waals surface area contributed by atoms with Crippen molar-refractivity contribution in [3.63, 3.8) is 0 Å². The van der Waals surface area contributed by atoms with Gasteiger partial charge in [-0.15, -0.1) is 0 Å². The van der Waals surface area contributed by atoms with Crippen LogP contribution in [0, 0.1) is 0 Å². The molecule has 1 amide bonds. The number of carbonyl (C=O) groups excluding carboxylic acids is 1. The van der Waals surface area contributed by atoms with Crippen molar-refractivity contribution in [3.05, 3.63) is 70.4 Å². The van der Waals surface area contributed by atoms with E-state index in [1.54, 1.807) is 41.8 Å². The number of benzene rings is 1. The molecule has 5 nitrogen and oxygen atoms in total. The zero-order chi connectivity index (χ0) is 17.6. The molecule has 2 aromatic heterocycles. The van der Waals surface area contributed by atoms with Gasteiger partial charge in [0.2, 0.25) is 0 Å². The third-order valence-electron chi connectivity index (χ3n) is 3.90. The van der Waals surface area contributed by atoms with Gasteiger partial charge in [0, 0.05) is 31.0 Å². The third kappa shape index (κ3) is 4.70. The molecule has 3 rings (SSSR count). The van der Waals surface area contributed by atoms with Crippen LogP contribution in [0.25, 0.3) is 0 Å². The average Bonchev–Trinajstić information content (AvgIpc) is 3.25. The number of aryl methyl sites for hydroxylation is 1. The van der Waals surface area contributed by atoms with Crippen molar-refractivity contribution in [3.8, 4) is 5.75 Å². The molecule has 0 aliphatic rings. The molecule has 0 spiro atoms. The van der Waals surface area contributed by atoms with Crippen molar-refractivity contribution in [2.75, 3.05) is 0 Å². The van der Waals surface area contributed by atoms with E-state index >= 15 is 0 Å². The molecule has 1 unspecified atom stereocenters. The van der Waals surface area contributed by atoms with Crippen LogP contribution in [-0.2, 0) is 20.1 Å². The van der Waals surface area contributed by atoms with Crippen molar-refractivity contribution in [1.82, 2.24) is 14.9 Å². The maximum absolute atomic E-state index is 12.3. The van der Waals surface area contributed by atoms with Gasteiger partial charge in [-0.2, -0.15) is 11.3 Å². The highest BCUT2D eigenvalue weighted by Crippen LogP contribution is 2.14. The fourth-order valence-electron chi connectivity index (χ4n) is 2.51. The summed E-state index contributed by atoms with van der Waals surface area (Å²) in [6.07, 6.45) is 4.45. The minimum Gasteiger partial charge on any atom is -0.486 e. The fourth-order valence-corrected chi connectivity index (χ4v) is 3.19. The van der Waals surface area contributed by atoms with Crippen molar-refractivity contribution in [2.24, 2.45) is 7.05 Å². The van der Waals surface area contributed by atoms with Crippen molar-refractivity contribution < 1.29 is 9.53 Å². The maximum Gasteiger partial charge on any atom is 0.251 e. The largest absolute Gasteiger partial charge is 0.486 e. The lowest BCUT2D eigenvalue weighted by atomic mass is 10.1. The summed E-state index contributed by atoms with van der Waals surface area (Å²) < 4.78 is 7.62. The number of aromatic nitrogens is 2. The Labute approximate surface area is 151 Å². The molecule has 0 aliphatic carbocycles. The number of amides is 1. The van der Waals surface area contributed by atoms with E-state index < -0.39 is 0 Å². The van der Waals surface area contributed by atoms with Crippen LogP contribution in [0.5, 0.6) is 5.75 Å². The number of ether oxygens (including phenoxy) is 1.